The molecule has 1 N–H and O–H groups in total. The summed E-state index contributed by atoms with van der Waals surface area (Å²) in [6, 6.07) is 0. The lowest BCUT2D eigenvalue weighted by Gasteiger charge is -2.02. The first-order valence-corrected chi connectivity index (χ1v) is 7.47. The molecule has 2 aromatic rings. The fourth-order valence-corrected chi connectivity index (χ4v) is 3.29. The molecule has 0 aliphatic heterocycles. The van der Waals surface area contributed by atoms with Gasteiger partial charge in [-0.15, -0.1) is 11.3 Å². The maximum atomic E-state index is 11.4. The number of carbonyl (C=O) groups is 1. The summed E-state index contributed by atoms with van der Waals surface area (Å²) < 4.78 is 7.00. The molecule has 6 nitrogen and oxygen atoms in total. The maximum Gasteiger partial charge on any atom is 0.347 e. The molecule has 0 spiro atoms. The zero-order chi connectivity index (χ0) is 15.7. The van der Waals surface area contributed by atoms with Crippen LogP contribution in [0.4, 0.5) is 0 Å². The van der Waals surface area contributed by atoms with Crippen LogP contribution in [0.1, 0.15) is 34.9 Å². The van der Waals surface area contributed by atoms with Gasteiger partial charge in [-0.05, 0) is 19.3 Å². The van der Waals surface area contributed by atoms with Gasteiger partial charge in [0.15, 0.2) is 0 Å². The molecule has 114 valence electrons. The minimum absolute atomic E-state index is 0.295. The lowest BCUT2D eigenvalue weighted by atomic mass is 10.1. The van der Waals surface area contributed by atoms with Gasteiger partial charge in [0, 0.05) is 7.05 Å². The molecule has 0 aliphatic carbocycles. The predicted molar refractivity (Wildman–Crippen MR) is 81.1 cm³/mol. The van der Waals surface area contributed by atoms with Gasteiger partial charge in [0.05, 0.1) is 24.1 Å². The van der Waals surface area contributed by atoms with E-state index in [0.717, 1.165) is 11.3 Å². The number of hydrogen-bond acceptors (Lipinski definition) is 5. The first kappa shape index (κ1) is 15.5. The van der Waals surface area contributed by atoms with E-state index in [9.17, 15) is 9.90 Å². The molecule has 0 saturated carbocycles. The number of nitrogens with zero attached hydrogens (tertiary/aromatic N) is 3. The van der Waals surface area contributed by atoms with Gasteiger partial charge < -0.3 is 9.84 Å². The Bertz CT molecular complexity index is 673. The average molecular weight is 309 g/mol. The molecule has 0 amide bonds. The van der Waals surface area contributed by atoms with Crippen LogP contribution in [0, 0.1) is 12.8 Å². The number of thiazole rings is 1. The third-order valence-electron chi connectivity index (χ3n) is 3.07. The van der Waals surface area contributed by atoms with E-state index >= 15 is 0 Å². The largest absolute Gasteiger partial charge is 0.481 e. The summed E-state index contributed by atoms with van der Waals surface area (Å²) in [5.41, 5.74) is 2.17. The van der Waals surface area contributed by atoms with Crippen LogP contribution in [-0.2, 0) is 13.5 Å². The van der Waals surface area contributed by atoms with Crippen LogP contribution in [0.3, 0.4) is 0 Å². The first-order chi connectivity index (χ1) is 9.85. The molecule has 0 unspecified atom stereocenters. The second kappa shape index (κ2) is 5.85. The predicted octanol–water partition coefficient (Wildman–Crippen LogP) is 2.76. The van der Waals surface area contributed by atoms with E-state index in [0.29, 0.717) is 33.8 Å². The topological polar surface area (TPSA) is 77.2 Å². The highest BCUT2D eigenvalue weighted by Crippen LogP contribution is 2.37. The molecule has 7 heteroatoms. The number of aromatic nitrogens is 3. The van der Waals surface area contributed by atoms with E-state index in [4.69, 9.17) is 4.74 Å². The van der Waals surface area contributed by atoms with Crippen LogP contribution in [0.5, 0.6) is 5.88 Å². The second-order valence-corrected chi connectivity index (χ2v) is 6.29. The van der Waals surface area contributed by atoms with Crippen molar-refractivity contribution >= 4 is 17.3 Å². The number of aromatic carboxylic acids is 1. The lowest BCUT2D eigenvalue weighted by molar-refractivity contribution is 0.0700. The van der Waals surface area contributed by atoms with Crippen molar-refractivity contribution in [2.45, 2.75) is 27.2 Å². The van der Waals surface area contributed by atoms with Gasteiger partial charge in [-0.2, -0.15) is 5.10 Å². The molecule has 0 atom stereocenters. The smallest absolute Gasteiger partial charge is 0.347 e. The van der Waals surface area contributed by atoms with E-state index < -0.39 is 5.97 Å². The van der Waals surface area contributed by atoms with E-state index in [1.807, 2.05) is 20.8 Å². The zero-order valence-electron chi connectivity index (χ0n) is 12.8. The molecule has 0 aliphatic rings. The summed E-state index contributed by atoms with van der Waals surface area (Å²) in [4.78, 5) is 16.2. The summed E-state index contributed by atoms with van der Waals surface area (Å²) in [6.07, 6.45) is 0.639. The Hall–Kier alpha value is -1.89. The number of methoxy groups -OCH3 is 1. The second-order valence-electron chi connectivity index (χ2n) is 5.29. The summed E-state index contributed by atoms with van der Waals surface area (Å²) >= 11 is 1.18. The van der Waals surface area contributed by atoms with Crippen molar-refractivity contribution in [1.29, 1.82) is 0 Å². The molecule has 2 aromatic heterocycles. The van der Waals surface area contributed by atoms with Crippen molar-refractivity contribution in [3.05, 3.63) is 16.3 Å². The third kappa shape index (κ3) is 2.92. The Kier molecular flexibility index (Phi) is 4.32. The van der Waals surface area contributed by atoms with Gasteiger partial charge in [0.2, 0.25) is 5.88 Å². The average Bonchev–Trinajstić information content (AvgIpc) is 2.89. The van der Waals surface area contributed by atoms with Crippen LogP contribution in [0.25, 0.3) is 10.6 Å². The van der Waals surface area contributed by atoms with E-state index in [1.165, 1.54) is 11.3 Å². The highest BCUT2D eigenvalue weighted by Gasteiger charge is 2.24. The fourth-order valence-electron chi connectivity index (χ4n) is 2.27. The van der Waals surface area contributed by atoms with E-state index in [-0.39, 0.29) is 0 Å². The fraction of sp³-hybridized carbons (Fsp3) is 0.500. The Labute approximate surface area is 127 Å². The van der Waals surface area contributed by atoms with Gasteiger partial charge in [-0.25, -0.2) is 14.5 Å². The minimum Gasteiger partial charge on any atom is -0.481 e. The first-order valence-electron chi connectivity index (χ1n) is 6.66. The molecule has 0 saturated heterocycles. The standard InChI is InChI=1S/C14H19N3O3S/c1-7(2)6-9-11(14(18)19)21-12(15-9)10-8(3)16-17(4)13(10)20-5/h7H,6H2,1-5H3,(H,18,19). The van der Waals surface area contributed by atoms with Gasteiger partial charge in [-0.1, -0.05) is 13.8 Å². The van der Waals surface area contributed by atoms with Crippen LogP contribution in [-0.4, -0.2) is 33.0 Å². The van der Waals surface area contributed by atoms with Crippen molar-refractivity contribution in [2.24, 2.45) is 13.0 Å². The van der Waals surface area contributed by atoms with E-state index in [1.54, 1.807) is 18.8 Å². The van der Waals surface area contributed by atoms with E-state index in [2.05, 4.69) is 10.1 Å². The molecule has 2 rings (SSSR count). The van der Waals surface area contributed by atoms with Crippen LogP contribution < -0.4 is 4.74 Å². The Morgan fingerprint density at radius 1 is 1.48 bits per heavy atom. The number of ether oxygens (including phenoxy) is 1. The van der Waals surface area contributed by atoms with Crippen molar-refractivity contribution in [2.75, 3.05) is 7.11 Å². The zero-order valence-corrected chi connectivity index (χ0v) is 13.6. The molecule has 0 aromatic carbocycles. The lowest BCUT2D eigenvalue weighted by Crippen LogP contribution is -2.02. The highest BCUT2D eigenvalue weighted by atomic mass is 32.1. The van der Waals surface area contributed by atoms with Crippen molar-refractivity contribution in [1.82, 2.24) is 14.8 Å². The number of aryl methyl sites for hydroxylation is 2. The quantitative estimate of drug-likeness (QED) is 0.919. The Morgan fingerprint density at radius 2 is 2.14 bits per heavy atom. The van der Waals surface area contributed by atoms with Gasteiger partial charge >= 0.3 is 5.97 Å². The highest BCUT2D eigenvalue weighted by molar-refractivity contribution is 7.17. The molecule has 21 heavy (non-hydrogen) atoms. The van der Waals surface area contributed by atoms with Crippen molar-refractivity contribution in [3.63, 3.8) is 0 Å². The summed E-state index contributed by atoms with van der Waals surface area (Å²) in [5.74, 6) is -0.000799. The molecule has 0 radical (unpaired) electrons. The third-order valence-corrected chi connectivity index (χ3v) is 4.17. The molecular weight excluding hydrogens is 290 g/mol. The minimum atomic E-state index is -0.935. The molecule has 0 fully saturated rings. The summed E-state index contributed by atoms with van der Waals surface area (Å²) in [6.45, 7) is 5.95. The number of hydrogen-bond donors (Lipinski definition) is 1. The van der Waals surface area contributed by atoms with Crippen LogP contribution >= 0.6 is 11.3 Å². The van der Waals surface area contributed by atoms with Crippen LogP contribution in [0.2, 0.25) is 0 Å². The van der Waals surface area contributed by atoms with Crippen molar-refractivity contribution < 1.29 is 14.6 Å². The van der Waals surface area contributed by atoms with Gasteiger partial charge in [0.25, 0.3) is 0 Å². The number of carboxylic acids is 1. The summed E-state index contributed by atoms with van der Waals surface area (Å²) in [5, 5.41) is 14.3. The Balaban J connectivity index is 2.58. The van der Waals surface area contributed by atoms with Gasteiger partial charge in [0.1, 0.15) is 9.88 Å². The van der Waals surface area contributed by atoms with Crippen LogP contribution in [0.15, 0.2) is 0 Å². The van der Waals surface area contributed by atoms with Gasteiger partial charge in [-0.3, -0.25) is 0 Å². The maximum absolute atomic E-state index is 11.4. The SMILES string of the molecule is COc1c(-c2nc(CC(C)C)c(C(=O)O)s2)c(C)nn1C. The number of rotatable bonds is 5. The molecule has 2 heterocycles. The number of carboxylic acid groups (broad SMARTS) is 1. The Morgan fingerprint density at radius 3 is 2.67 bits per heavy atom. The summed E-state index contributed by atoms with van der Waals surface area (Å²) in [7, 11) is 3.36. The monoisotopic (exact) mass is 309 g/mol. The van der Waals surface area contributed by atoms with Crippen molar-refractivity contribution in [3.8, 4) is 16.5 Å². The molecule has 0 bridgehead atoms. The normalized spacial score (nSPS) is 11.1. The molecular formula is C14H19N3O3S.